The van der Waals surface area contributed by atoms with Crippen molar-refractivity contribution in [3.63, 3.8) is 0 Å². The molecule has 0 fully saturated rings. The number of pyridine rings is 1. The third kappa shape index (κ3) is 8.98. The highest BCUT2D eigenvalue weighted by molar-refractivity contribution is 5.98. The summed E-state index contributed by atoms with van der Waals surface area (Å²) < 4.78 is 35.7. The number of hydrogen-bond acceptors (Lipinski definition) is 3. The van der Waals surface area contributed by atoms with Crippen molar-refractivity contribution >= 4 is 11.0 Å². The Balaban J connectivity index is 1.19. The Labute approximate surface area is 418 Å². The lowest BCUT2D eigenvalue weighted by atomic mass is 9.79. The van der Waals surface area contributed by atoms with Crippen LogP contribution >= 0.6 is 0 Å². The molecule has 0 atom stereocenters. The summed E-state index contributed by atoms with van der Waals surface area (Å²) in [5.74, 6) is 1.26. The van der Waals surface area contributed by atoms with Gasteiger partial charge in [0.05, 0.1) is 35.1 Å². The first kappa shape index (κ1) is 42.3. The normalized spacial score (nSPS) is 12.7. The molecule has 0 amide bonds. The molecule has 346 valence electrons. The van der Waals surface area contributed by atoms with Crippen molar-refractivity contribution in [3.05, 3.63) is 216 Å². The van der Waals surface area contributed by atoms with Gasteiger partial charge in [-0.05, 0) is 164 Å². The van der Waals surface area contributed by atoms with E-state index >= 15 is 0 Å². The average molecular weight is 915 g/mol. The van der Waals surface area contributed by atoms with E-state index in [2.05, 4.69) is 194 Å². The van der Waals surface area contributed by atoms with E-state index in [9.17, 15) is 0 Å². The Kier molecular flexibility index (Phi) is 11.0. The SMILES string of the molecule is [2H]C([2H])([2H])c1cc(-c2cc(C(C)(C)C)cc(C(C)(C)C)c2)ccc1-n1c(-c2cc(C)cc(C)c2OC)nc2c(-c3cc(-c4ccccc4)cc(-c4cc(-c5ccc(-c6ccccc6)cc5)ccn4)c3)cccc21. The smallest absolute Gasteiger partial charge is 0.149 e. The summed E-state index contributed by atoms with van der Waals surface area (Å²) >= 11 is 0. The van der Waals surface area contributed by atoms with Crippen LogP contribution in [-0.2, 0) is 10.8 Å². The van der Waals surface area contributed by atoms with Crippen LogP contribution in [0, 0.1) is 20.7 Å². The number of rotatable bonds is 9. The first-order valence-electron chi connectivity index (χ1n) is 25.7. The Morgan fingerprint density at radius 2 is 1.04 bits per heavy atom. The summed E-state index contributed by atoms with van der Waals surface area (Å²) in [7, 11) is 1.68. The quantitative estimate of drug-likeness (QED) is 0.145. The van der Waals surface area contributed by atoms with Crippen molar-refractivity contribution in [2.75, 3.05) is 7.11 Å². The highest BCUT2D eigenvalue weighted by Crippen LogP contribution is 2.43. The molecule has 0 saturated heterocycles. The zero-order valence-corrected chi connectivity index (χ0v) is 41.6. The second-order valence-corrected chi connectivity index (χ2v) is 20.7. The fourth-order valence-corrected chi connectivity index (χ4v) is 9.70. The van der Waals surface area contributed by atoms with Crippen LogP contribution in [0.15, 0.2) is 188 Å². The van der Waals surface area contributed by atoms with E-state index in [1.165, 1.54) is 16.7 Å². The number of aromatic nitrogens is 3. The van der Waals surface area contributed by atoms with Crippen molar-refractivity contribution in [1.82, 2.24) is 14.5 Å². The minimum Gasteiger partial charge on any atom is -0.496 e. The van der Waals surface area contributed by atoms with Gasteiger partial charge in [-0.3, -0.25) is 9.55 Å². The topological polar surface area (TPSA) is 39.9 Å². The van der Waals surface area contributed by atoms with Gasteiger partial charge >= 0.3 is 0 Å². The van der Waals surface area contributed by atoms with Gasteiger partial charge in [0.2, 0.25) is 0 Å². The summed E-state index contributed by atoms with van der Waals surface area (Å²) in [5, 5.41) is 0. The zero-order valence-electron chi connectivity index (χ0n) is 44.6. The molecule has 10 aromatic rings. The van der Waals surface area contributed by atoms with Gasteiger partial charge in [-0.2, -0.15) is 0 Å². The van der Waals surface area contributed by atoms with Gasteiger partial charge in [0.1, 0.15) is 11.6 Å². The summed E-state index contributed by atoms with van der Waals surface area (Å²) in [6, 6.07) is 63.3. The molecule has 70 heavy (non-hydrogen) atoms. The molecular weight excluding hydrogens is 851 g/mol. The first-order chi connectivity index (χ1) is 34.8. The van der Waals surface area contributed by atoms with E-state index in [-0.39, 0.29) is 16.4 Å². The second kappa shape index (κ2) is 18.3. The fourth-order valence-electron chi connectivity index (χ4n) is 9.70. The molecule has 2 aromatic heterocycles. The van der Waals surface area contributed by atoms with Crippen LogP contribution in [-0.4, -0.2) is 21.6 Å². The van der Waals surface area contributed by atoms with Crippen LogP contribution in [0.25, 0.3) is 95.0 Å². The Morgan fingerprint density at radius 1 is 0.471 bits per heavy atom. The molecule has 0 aliphatic carbocycles. The largest absolute Gasteiger partial charge is 0.496 e. The number of nitrogens with zero attached hydrogens (tertiary/aromatic N) is 3. The third-order valence-electron chi connectivity index (χ3n) is 13.5. The van der Waals surface area contributed by atoms with E-state index in [0.29, 0.717) is 17.3 Å². The van der Waals surface area contributed by atoms with Gasteiger partial charge in [0.25, 0.3) is 0 Å². The van der Waals surface area contributed by atoms with Crippen molar-refractivity contribution < 1.29 is 8.85 Å². The number of ether oxygens (including phenoxy) is 1. The number of aryl methyl sites for hydroxylation is 3. The van der Waals surface area contributed by atoms with Gasteiger partial charge < -0.3 is 4.74 Å². The van der Waals surface area contributed by atoms with Crippen molar-refractivity contribution in [2.24, 2.45) is 0 Å². The number of hydrogen-bond donors (Lipinski definition) is 0. The van der Waals surface area contributed by atoms with Gasteiger partial charge in [-0.1, -0.05) is 169 Å². The van der Waals surface area contributed by atoms with E-state index < -0.39 is 6.85 Å². The number of methoxy groups -OCH3 is 1. The van der Waals surface area contributed by atoms with Gasteiger partial charge in [-0.15, -0.1) is 0 Å². The number of para-hydroxylation sites is 1. The Hall–Kier alpha value is -7.82. The molecule has 0 unspecified atom stereocenters. The molecule has 8 aromatic carbocycles. The molecule has 0 N–H and O–H groups in total. The molecule has 10 rings (SSSR count). The highest BCUT2D eigenvalue weighted by Gasteiger charge is 2.25. The van der Waals surface area contributed by atoms with E-state index in [0.717, 1.165) is 89.1 Å². The van der Waals surface area contributed by atoms with Crippen molar-refractivity contribution in [2.45, 2.75) is 73.1 Å². The number of fused-ring (bicyclic) bond motifs is 1. The summed E-state index contributed by atoms with van der Waals surface area (Å²) in [6.45, 7) is 14.9. The minimum atomic E-state index is -2.48. The summed E-state index contributed by atoms with van der Waals surface area (Å²) in [5.41, 5.74) is 19.3. The second-order valence-electron chi connectivity index (χ2n) is 20.7. The van der Waals surface area contributed by atoms with Crippen LogP contribution in [0.1, 0.15) is 73.5 Å². The van der Waals surface area contributed by atoms with Crippen LogP contribution in [0.2, 0.25) is 0 Å². The van der Waals surface area contributed by atoms with Gasteiger partial charge in [-0.25, -0.2) is 4.98 Å². The molecule has 0 bridgehead atoms. The van der Waals surface area contributed by atoms with Crippen molar-refractivity contribution in [1.29, 1.82) is 0 Å². The van der Waals surface area contributed by atoms with Crippen LogP contribution in [0.4, 0.5) is 0 Å². The number of benzene rings is 8. The third-order valence-corrected chi connectivity index (χ3v) is 13.5. The monoisotopic (exact) mass is 915 g/mol. The lowest BCUT2D eigenvalue weighted by molar-refractivity contribution is 0.413. The van der Waals surface area contributed by atoms with E-state index in [1.807, 2.05) is 54.1 Å². The summed E-state index contributed by atoms with van der Waals surface area (Å²) in [4.78, 5) is 10.6. The molecule has 0 radical (unpaired) electrons. The number of imidazole rings is 1. The van der Waals surface area contributed by atoms with E-state index in [4.69, 9.17) is 18.8 Å². The molecule has 4 heteroatoms. The highest BCUT2D eigenvalue weighted by atomic mass is 16.5. The molecule has 2 heterocycles. The first-order valence-corrected chi connectivity index (χ1v) is 24.2. The molecule has 0 saturated carbocycles. The lowest BCUT2D eigenvalue weighted by Gasteiger charge is -2.26. The lowest BCUT2D eigenvalue weighted by Crippen LogP contribution is -2.16. The van der Waals surface area contributed by atoms with E-state index in [1.54, 1.807) is 7.11 Å². The standard InChI is InChI=1S/C66H61N3O/c1-42-32-44(3)63(70-10)58(33-42)64-68-62-57(22-17-23-61(62)69(64)60-29-28-49(34-43(60)2)52-38-55(65(4,5)6)41-56(39-52)66(7,8)9)53-35-51(46-20-15-12-16-21-46)36-54(37-53)59-40-50(30-31-67-59)48-26-24-47(25-27-48)45-18-13-11-14-19-45/h11-41H,1-10H3/i2D3. The van der Waals surface area contributed by atoms with Crippen molar-refractivity contribution in [3.8, 4) is 89.7 Å². The Bertz CT molecular complexity index is 3640. The maximum Gasteiger partial charge on any atom is 0.149 e. The molecule has 0 aliphatic rings. The maximum absolute atomic E-state index is 9.16. The average Bonchev–Trinajstić information content (AvgIpc) is 3.78. The Morgan fingerprint density at radius 3 is 1.69 bits per heavy atom. The molecule has 0 spiro atoms. The predicted octanol–water partition coefficient (Wildman–Crippen LogP) is 17.6. The van der Waals surface area contributed by atoms with Crippen LogP contribution < -0.4 is 4.74 Å². The predicted molar refractivity (Wildman–Crippen MR) is 295 cm³/mol. The van der Waals surface area contributed by atoms with Gasteiger partial charge in [0.15, 0.2) is 0 Å². The maximum atomic E-state index is 9.16. The van der Waals surface area contributed by atoms with Crippen LogP contribution in [0.3, 0.4) is 0 Å². The van der Waals surface area contributed by atoms with Gasteiger partial charge in [0, 0.05) is 21.4 Å². The summed E-state index contributed by atoms with van der Waals surface area (Å²) in [6.07, 6.45) is 1.88. The van der Waals surface area contributed by atoms with Crippen LogP contribution in [0.5, 0.6) is 5.75 Å². The molecule has 4 nitrogen and oxygen atoms in total. The minimum absolute atomic E-state index is 0.117. The molecule has 0 aliphatic heterocycles. The molecular formula is C66H61N3O. The zero-order chi connectivity index (χ0) is 51.4. The fraction of sp³-hybridized carbons (Fsp3) is 0.182.